The number of nitrogens with one attached hydrogen (secondary N) is 1. The van der Waals surface area contributed by atoms with E-state index in [2.05, 4.69) is 5.32 Å². The highest BCUT2D eigenvalue weighted by Gasteiger charge is 2.07. The van der Waals surface area contributed by atoms with Crippen molar-refractivity contribution >= 4 is 17.4 Å². The molecule has 0 unspecified atom stereocenters. The number of ether oxygens (including phenoxy) is 1. The summed E-state index contributed by atoms with van der Waals surface area (Å²) in [6, 6.07) is 7.07. The second kappa shape index (κ2) is 5.90. The van der Waals surface area contributed by atoms with E-state index >= 15 is 0 Å². The quantitative estimate of drug-likeness (QED) is 0.609. The minimum Gasteiger partial charge on any atom is -0.465 e. The summed E-state index contributed by atoms with van der Waals surface area (Å²) < 4.78 is 4.78. The lowest BCUT2D eigenvalue weighted by Gasteiger charge is -2.09. The predicted molar refractivity (Wildman–Crippen MR) is 61.6 cm³/mol. The fourth-order valence-corrected chi connectivity index (χ4v) is 1.32. The molecular formula is C12H15NO3. The normalized spacial score (nSPS) is 9.62. The third kappa shape index (κ3) is 3.38. The second-order valence-corrected chi connectivity index (χ2v) is 3.26. The topological polar surface area (TPSA) is 55.4 Å². The Morgan fingerprint density at radius 3 is 2.62 bits per heavy atom. The smallest absolute Gasteiger partial charge is 0.325 e. The zero-order chi connectivity index (χ0) is 12.0. The summed E-state index contributed by atoms with van der Waals surface area (Å²) in [5.41, 5.74) is 1.23. The van der Waals surface area contributed by atoms with Crippen LogP contribution in [-0.2, 0) is 9.53 Å². The molecule has 0 aliphatic rings. The molecule has 1 aromatic rings. The van der Waals surface area contributed by atoms with E-state index in [9.17, 15) is 9.59 Å². The van der Waals surface area contributed by atoms with Crippen LogP contribution < -0.4 is 5.32 Å². The summed E-state index contributed by atoms with van der Waals surface area (Å²) in [5.74, 6) is -0.368. The van der Waals surface area contributed by atoms with Gasteiger partial charge in [-0.3, -0.25) is 9.59 Å². The molecule has 0 saturated carbocycles. The molecule has 1 aromatic carbocycles. The number of para-hydroxylation sites is 1. The molecule has 0 heterocycles. The first-order valence-corrected chi connectivity index (χ1v) is 5.14. The van der Waals surface area contributed by atoms with Gasteiger partial charge in [-0.2, -0.15) is 0 Å². The summed E-state index contributed by atoms with van der Waals surface area (Å²) in [5, 5.41) is 2.88. The van der Waals surface area contributed by atoms with E-state index in [1.165, 1.54) is 6.92 Å². The van der Waals surface area contributed by atoms with Crippen molar-refractivity contribution in [1.82, 2.24) is 0 Å². The van der Waals surface area contributed by atoms with Gasteiger partial charge in [0.05, 0.1) is 6.61 Å². The van der Waals surface area contributed by atoms with E-state index < -0.39 is 0 Å². The number of Topliss-reactive ketones (excluding diaryl/α,β-unsaturated/α-hetero) is 1. The van der Waals surface area contributed by atoms with Crippen LogP contribution in [0, 0.1) is 0 Å². The van der Waals surface area contributed by atoms with Gasteiger partial charge < -0.3 is 10.1 Å². The van der Waals surface area contributed by atoms with E-state index in [1.807, 2.05) is 0 Å². The number of ketones is 1. The van der Waals surface area contributed by atoms with Crippen LogP contribution in [-0.4, -0.2) is 24.9 Å². The molecule has 0 fully saturated rings. The van der Waals surface area contributed by atoms with Gasteiger partial charge in [0.1, 0.15) is 6.54 Å². The van der Waals surface area contributed by atoms with Crippen LogP contribution in [0.4, 0.5) is 5.69 Å². The molecule has 86 valence electrons. The molecule has 1 rings (SSSR count). The molecule has 16 heavy (non-hydrogen) atoms. The molecule has 0 atom stereocenters. The Kier molecular flexibility index (Phi) is 4.51. The van der Waals surface area contributed by atoms with Gasteiger partial charge in [0.2, 0.25) is 0 Å². The molecule has 0 aliphatic heterocycles. The summed E-state index contributed by atoms with van der Waals surface area (Å²) in [4.78, 5) is 22.4. The maximum absolute atomic E-state index is 11.3. The molecule has 0 bridgehead atoms. The van der Waals surface area contributed by atoms with Crippen LogP contribution in [0.3, 0.4) is 0 Å². The molecule has 0 saturated heterocycles. The van der Waals surface area contributed by atoms with Gasteiger partial charge in [-0.05, 0) is 26.0 Å². The van der Waals surface area contributed by atoms with Crippen molar-refractivity contribution in [3.05, 3.63) is 29.8 Å². The van der Waals surface area contributed by atoms with Gasteiger partial charge in [-0.15, -0.1) is 0 Å². The van der Waals surface area contributed by atoms with Crippen LogP contribution in [0.15, 0.2) is 24.3 Å². The number of hydrogen-bond donors (Lipinski definition) is 1. The lowest BCUT2D eigenvalue weighted by Crippen LogP contribution is -2.17. The van der Waals surface area contributed by atoms with Gasteiger partial charge >= 0.3 is 5.97 Å². The first-order chi connectivity index (χ1) is 7.65. The molecule has 4 nitrogen and oxygen atoms in total. The molecule has 0 aromatic heterocycles. The van der Waals surface area contributed by atoms with Crippen molar-refractivity contribution in [3.63, 3.8) is 0 Å². The fourth-order valence-electron chi connectivity index (χ4n) is 1.32. The highest BCUT2D eigenvalue weighted by molar-refractivity contribution is 5.99. The number of esters is 1. The average Bonchev–Trinajstić information content (AvgIpc) is 2.27. The summed E-state index contributed by atoms with van der Waals surface area (Å²) in [6.45, 7) is 3.67. The fraction of sp³-hybridized carbons (Fsp3) is 0.333. The average molecular weight is 221 g/mol. The van der Waals surface area contributed by atoms with Crippen molar-refractivity contribution < 1.29 is 14.3 Å². The molecule has 0 radical (unpaired) electrons. The Morgan fingerprint density at radius 1 is 1.31 bits per heavy atom. The van der Waals surface area contributed by atoms with Crippen molar-refractivity contribution in [2.24, 2.45) is 0 Å². The first kappa shape index (κ1) is 12.2. The van der Waals surface area contributed by atoms with E-state index in [0.717, 1.165) is 0 Å². The van der Waals surface area contributed by atoms with Crippen LogP contribution in [0.5, 0.6) is 0 Å². The maximum Gasteiger partial charge on any atom is 0.325 e. The molecule has 0 amide bonds. The minimum atomic E-state index is -0.333. The summed E-state index contributed by atoms with van der Waals surface area (Å²) in [7, 11) is 0. The van der Waals surface area contributed by atoms with Crippen molar-refractivity contribution in [2.75, 3.05) is 18.5 Å². The zero-order valence-corrected chi connectivity index (χ0v) is 9.45. The number of anilines is 1. The lowest BCUT2D eigenvalue weighted by molar-refractivity contribution is -0.140. The number of hydrogen-bond acceptors (Lipinski definition) is 4. The Balaban J connectivity index is 2.66. The Morgan fingerprint density at radius 2 is 2.00 bits per heavy atom. The van der Waals surface area contributed by atoms with Gasteiger partial charge in [-0.25, -0.2) is 0 Å². The number of rotatable bonds is 5. The monoisotopic (exact) mass is 221 g/mol. The van der Waals surface area contributed by atoms with Crippen LogP contribution in [0.1, 0.15) is 24.2 Å². The molecule has 4 heteroatoms. The largest absolute Gasteiger partial charge is 0.465 e. The lowest BCUT2D eigenvalue weighted by atomic mass is 10.1. The van der Waals surface area contributed by atoms with Gasteiger partial charge in [0.25, 0.3) is 0 Å². The van der Waals surface area contributed by atoms with Gasteiger partial charge in [0, 0.05) is 11.3 Å². The van der Waals surface area contributed by atoms with Crippen molar-refractivity contribution in [2.45, 2.75) is 13.8 Å². The third-order valence-electron chi connectivity index (χ3n) is 2.03. The second-order valence-electron chi connectivity index (χ2n) is 3.26. The van der Waals surface area contributed by atoms with Crippen molar-refractivity contribution in [3.8, 4) is 0 Å². The Bertz CT molecular complexity index is 388. The highest BCUT2D eigenvalue weighted by Crippen LogP contribution is 2.14. The predicted octanol–water partition coefficient (Wildman–Crippen LogP) is 1.86. The van der Waals surface area contributed by atoms with E-state index in [0.29, 0.717) is 17.9 Å². The summed E-state index contributed by atoms with van der Waals surface area (Å²) in [6.07, 6.45) is 0. The Labute approximate surface area is 94.6 Å². The SMILES string of the molecule is CCOC(=O)CNc1ccccc1C(C)=O. The third-order valence-corrected chi connectivity index (χ3v) is 2.03. The van der Waals surface area contributed by atoms with E-state index in [-0.39, 0.29) is 18.3 Å². The highest BCUT2D eigenvalue weighted by atomic mass is 16.5. The number of carbonyl (C=O) groups is 2. The standard InChI is InChI=1S/C12H15NO3/c1-3-16-12(15)8-13-11-7-5-4-6-10(11)9(2)14/h4-7,13H,3,8H2,1-2H3. The number of benzene rings is 1. The minimum absolute atomic E-state index is 0.0352. The van der Waals surface area contributed by atoms with E-state index in [1.54, 1.807) is 31.2 Å². The molecule has 1 N–H and O–H groups in total. The number of carbonyl (C=O) groups excluding carboxylic acids is 2. The molecule has 0 spiro atoms. The van der Waals surface area contributed by atoms with E-state index in [4.69, 9.17) is 4.74 Å². The summed E-state index contributed by atoms with van der Waals surface area (Å²) >= 11 is 0. The molecule has 0 aliphatic carbocycles. The van der Waals surface area contributed by atoms with Gasteiger partial charge in [-0.1, -0.05) is 12.1 Å². The zero-order valence-electron chi connectivity index (χ0n) is 9.45. The maximum atomic E-state index is 11.3. The van der Waals surface area contributed by atoms with Crippen molar-refractivity contribution in [1.29, 1.82) is 0 Å². The first-order valence-electron chi connectivity index (χ1n) is 5.14. The van der Waals surface area contributed by atoms with Gasteiger partial charge in [0.15, 0.2) is 5.78 Å². The van der Waals surface area contributed by atoms with Crippen LogP contribution in [0.2, 0.25) is 0 Å². The van der Waals surface area contributed by atoms with Crippen LogP contribution in [0.25, 0.3) is 0 Å². The Hall–Kier alpha value is -1.84. The van der Waals surface area contributed by atoms with Crippen LogP contribution >= 0.6 is 0 Å². The molecular weight excluding hydrogens is 206 g/mol.